The largest absolute Gasteiger partial charge is 0.543 e. The van der Waals surface area contributed by atoms with E-state index in [0.29, 0.717) is 10.6 Å². The van der Waals surface area contributed by atoms with E-state index >= 15 is 0 Å². The van der Waals surface area contributed by atoms with Crippen LogP contribution in [0.5, 0.6) is 0 Å². The van der Waals surface area contributed by atoms with Crippen LogP contribution in [0, 0.1) is 0 Å². The Bertz CT molecular complexity index is 966. The van der Waals surface area contributed by atoms with Crippen molar-refractivity contribution in [3.8, 4) is 0 Å². The summed E-state index contributed by atoms with van der Waals surface area (Å²) in [5.41, 5.74) is 4.15. The third-order valence-electron chi connectivity index (χ3n) is 3.83. The normalized spacial score (nSPS) is 22.6. The highest BCUT2D eigenvalue weighted by molar-refractivity contribution is 7.92. The number of aliphatic carboxylic acids is 1. The molecule has 2 aliphatic heterocycles. The number of carboxylic acids is 1. The first-order chi connectivity index (χ1) is 12.2. The van der Waals surface area contributed by atoms with Crippen LogP contribution in [0.2, 0.25) is 0 Å². The van der Waals surface area contributed by atoms with E-state index in [4.69, 9.17) is 5.73 Å². The number of sulfone groups is 1. The van der Waals surface area contributed by atoms with E-state index in [1.165, 1.54) is 12.3 Å². The van der Waals surface area contributed by atoms with Gasteiger partial charge in [0.2, 0.25) is 0 Å². The fourth-order valence-corrected chi connectivity index (χ4v) is 4.76. The number of fused-ring (bicyclic) bond motifs is 1. The van der Waals surface area contributed by atoms with E-state index in [-0.39, 0.29) is 11.1 Å². The van der Waals surface area contributed by atoms with Crippen LogP contribution in [-0.4, -0.2) is 54.0 Å². The molecule has 11 heteroatoms. The summed E-state index contributed by atoms with van der Waals surface area (Å²) < 4.78 is 29.6. The first-order valence-electron chi connectivity index (χ1n) is 7.25. The summed E-state index contributed by atoms with van der Waals surface area (Å²) >= 11 is 0. The molecular formula is C15H12N3O7S-. The molecule has 0 aromatic carbocycles. The molecule has 2 N–H and O–H groups in total. The Labute approximate surface area is 147 Å². The van der Waals surface area contributed by atoms with Gasteiger partial charge in [-0.2, -0.15) is 0 Å². The average Bonchev–Trinajstić information content (AvgIpc) is 2.57. The van der Waals surface area contributed by atoms with Crippen LogP contribution in [-0.2, 0) is 24.2 Å². The Morgan fingerprint density at radius 3 is 2.73 bits per heavy atom. The van der Waals surface area contributed by atoms with Gasteiger partial charge in [0.15, 0.2) is 15.2 Å². The minimum Gasteiger partial charge on any atom is -0.543 e. The number of aromatic nitrogens is 1. The quantitative estimate of drug-likeness (QED) is 0.472. The standard InChI is InChI=1S/C15H13N3O7S/c16-15(22)25-6-8-7-26(23,24)13-10(5-9-3-1-2-4-17-9)12(19)18(13)11(8)14(20)21/h1-5,13H,6-7H2,(H2,16,22)(H,20,21)/p-1/b10-5-. The molecule has 1 aromatic heterocycles. The molecular weight excluding hydrogens is 366 g/mol. The van der Waals surface area contributed by atoms with Gasteiger partial charge < -0.3 is 20.4 Å². The molecule has 0 radical (unpaired) electrons. The Balaban J connectivity index is 2.04. The van der Waals surface area contributed by atoms with Crippen LogP contribution >= 0.6 is 0 Å². The third-order valence-corrected chi connectivity index (χ3v) is 5.73. The second-order valence-corrected chi connectivity index (χ2v) is 7.60. The maximum absolute atomic E-state index is 12.5. The van der Waals surface area contributed by atoms with Crippen molar-refractivity contribution in [1.82, 2.24) is 9.88 Å². The van der Waals surface area contributed by atoms with Gasteiger partial charge in [-0.25, -0.2) is 13.2 Å². The molecule has 2 aliphatic rings. The number of carbonyl (C=O) groups excluding carboxylic acids is 3. The number of nitrogens with zero attached hydrogens (tertiary/aromatic N) is 2. The molecule has 2 amide bonds. The van der Waals surface area contributed by atoms with Gasteiger partial charge >= 0.3 is 6.09 Å². The number of primary amides is 1. The molecule has 0 saturated carbocycles. The van der Waals surface area contributed by atoms with E-state index in [9.17, 15) is 27.9 Å². The molecule has 26 heavy (non-hydrogen) atoms. The summed E-state index contributed by atoms with van der Waals surface area (Å²) in [5, 5.41) is 10.0. The zero-order valence-electron chi connectivity index (χ0n) is 13.1. The van der Waals surface area contributed by atoms with Gasteiger partial charge in [0, 0.05) is 11.8 Å². The zero-order chi connectivity index (χ0) is 19.1. The second-order valence-electron chi connectivity index (χ2n) is 5.54. The smallest absolute Gasteiger partial charge is 0.404 e. The molecule has 1 atom stereocenters. The monoisotopic (exact) mass is 378 g/mol. The maximum Gasteiger partial charge on any atom is 0.404 e. The van der Waals surface area contributed by atoms with Crippen molar-refractivity contribution in [2.45, 2.75) is 5.37 Å². The average molecular weight is 378 g/mol. The molecule has 1 fully saturated rings. The van der Waals surface area contributed by atoms with Crippen molar-refractivity contribution in [1.29, 1.82) is 0 Å². The highest BCUT2D eigenvalue weighted by atomic mass is 32.2. The van der Waals surface area contributed by atoms with Gasteiger partial charge in [-0.15, -0.1) is 0 Å². The molecule has 0 spiro atoms. The Kier molecular flexibility index (Phi) is 4.24. The van der Waals surface area contributed by atoms with Gasteiger partial charge in [-0.05, 0) is 18.2 Å². The first kappa shape index (κ1) is 17.6. The van der Waals surface area contributed by atoms with E-state index in [2.05, 4.69) is 9.72 Å². The number of carboxylic acid groups (broad SMARTS) is 1. The van der Waals surface area contributed by atoms with Gasteiger partial charge in [-0.1, -0.05) is 6.07 Å². The number of amides is 2. The zero-order valence-corrected chi connectivity index (χ0v) is 13.9. The lowest BCUT2D eigenvalue weighted by molar-refractivity contribution is -0.301. The Morgan fingerprint density at radius 2 is 2.15 bits per heavy atom. The summed E-state index contributed by atoms with van der Waals surface area (Å²) in [6, 6.07) is 4.87. The molecule has 3 heterocycles. The lowest BCUT2D eigenvalue weighted by Crippen LogP contribution is -2.63. The summed E-state index contributed by atoms with van der Waals surface area (Å²) in [6.45, 7) is -0.673. The summed E-state index contributed by atoms with van der Waals surface area (Å²) in [6.07, 6.45) is 1.55. The lowest BCUT2D eigenvalue weighted by Gasteiger charge is -2.46. The third kappa shape index (κ3) is 2.92. The summed E-state index contributed by atoms with van der Waals surface area (Å²) in [5.74, 6) is -3.27. The van der Waals surface area contributed by atoms with Crippen LogP contribution in [0.25, 0.3) is 6.08 Å². The molecule has 0 aliphatic carbocycles. The van der Waals surface area contributed by atoms with Gasteiger partial charge in [-0.3, -0.25) is 14.7 Å². The van der Waals surface area contributed by atoms with E-state index in [1.807, 2.05) is 0 Å². The van der Waals surface area contributed by atoms with Crippen molar-refractivity contribution in [2.75, 3.05) is 12.4 Å². The molecule has 1 aromatic rings. The molecule has 0 bridgehead atoms. The van der Waals surface area contributed by atoms with E-state index < -0.39 is 51.2 Å². The summed E-state index contributed by atoms with van der Waals surface area (Å²) in [4.78, 5) is 39.2. The fraction of sp³-hybridized carbons (Fsp3) is 0.200. The van der Waals surface area contributed by atoms with E-state index in [0.717, 1.165) is 0 Å². The SMILES string of the molecule is NC(=O)OCC1=C(C(=O)[O-])N2C(=O)/C(=C/c3ccccn3)C2S(=O)(=O)C1. The number of hydrogen-bond acceptors (Lipinski definition) is 8. The molecule has 1 unspecified atom stereocenters. The van der Waals surface area contributed by atoms with Gasteiger partial charge in [0.25, 0.3) is 5.91 Å². The first-order valence-corrected chi connectivity index (χ1v) is 8.97. The highest BCUT2D eigenvalue weighted by Crippen LogP contribution is 2.40. The topological polar surface area (TPSA) is 160 Å². The van der Waals surface area contributed by atoms with Crippen molar-refractivity contribution < 1.29 is 32.6 Å². The minimum absolute atomic E-state index is 0.0997. The number of hydrogen-bond donors (Lipinski definition) is 1. The molecule has 136 valence electrons. The Hall–Kier alpha value is -3.21. The number of ether oxygens (including phenoxy) is 1. The summed E-state index contributed by atoms with van der Waals surface area (Å²) in [7, 11) is -3.96. The van der Waals surface area contributed by atoms with Crippen LogP contribution in [0.3, 0.4) is 0 Å². The second kappa shape index (κ2) is 6.26. The predicted molar refractivity (Wildman–Crippen MR) is 84.2 cm³/mol. The van der Waals surface area contributed by atoms with Crippen molar-refractivity contribution in [3.63, 3.8) is 0 Å². The maximum atomic E-state index is 12.5. The van der Waals surface area contributed by atoms with Crippen molar-refractivity contribution in [2.24, 2.45) is 5.73 Å². The molecule has 1 saturated heterocycles. The minimum atomic E-state index is -3.96. The predicted octanol–water partition coefficient (Wildman–Crippen LogP) is -1.84. The van der Waals surface area contributed by atoms with Crippen molar-refractivity contribution in [3.05, 3.63) is 46.9 Å². The Morgan fingerprint density at radius 1 is 1.42 bits per heavy atom. The lowest BCUT2D eigenvalue weighted by atomic mass is 10.0. The fourth-order valence-electron chi connectivity index (χ4n) is 2.82. The van der Waals surface area contributed by atoms with Crippen LogP contribution < -0.4 is 10.8 Å². The highest BCUT2D eigenvalue weighted by Gasteiger charge is 2.55. The van der Waals surface area contributed by atoms with Crippen LogP contribution in [0.15, 0.2) is 41.2 Å². The number of rotatable bonds is 4. The van der Waals surface area contributed by atoms with E-state index in [1.54, 1.807) is 18.2 Å². The molecule has 10 nitrogen and oxygen atoms in total. The van der Waals surface area contributed by atoms with Gasteiger partial charge in [0.05, 0.1) is 28.7 Å². The van der Waals surface area contributed by atoms with Crippen LogP contribution in [0.4, 0.5) is 4.79 Å². The van der Waals surface area contributed by atoms with Gasteiger partial charge in [0.1, 0.15) is 6.61 Å². The molecule has 3 rings (SSSR count). The number of β-lactam (4-membered cyclic amide) rings is 1. The number of pyridine rings is 1. The number of nitrogens with two attached hydrogens (primary N) is 1. The van der Waals surface area contributed by atoms with Crippen molar-refractivity contribution >= 4 is 33.9 Å². The van der Waals surface area contributed by atoms with Crippen LogP contribution in [0.1, 0.15) is 5.69 Å². The number of carbonyl (C=O) groups is 3.